The number of halogens is 2. The van der Waals surface area contributed by atoms with E-state index >= 15 is 0 Å². The second-order valence-electron chi connectivity index (χ2n) is 13.5. The van der Waals surface area contributed by atoms with Gasteiger partial charge < -0.3 is 23.7 Å². The van der Waals surface area contributed by atoms with E-state index in [1.165, 1.54) is 0 Å². The summed E-state index contributed by atoms with van der Waals surface area (Å²) in [7, 11) is -1.27. The van der Waals surface area contributed by atoms with Crippen LogP contribution in [0.2, 0.25) is 30.7 Å². The molecule has 8 nitrogen and oxygen atoms in total. The Labute approximate surface area is 295 Å². The molecule has 11 heteroatoms. The molecule has 0 amide bonds. The molecule has 0 aliphatic carbocycles. The Kier molecular flexibility index (Phi) is 10.0. The number of hydrogen-bond donors (Lipinski definition) is 0. The molecule has 3 aromatic carbocycles. The largest absolute Gasteiger partial charge is 0.459 e. The monoisotopic (exact) mass is 747 g/mol. The number of rotatable bonds is 10. The molecule has 0 saturated carbocycles. The topological polar surface area (TPSA) is 76.9 Å². The Morgan fingerprint density at radius 3 is 2.31 bits per heavy atom. The fraction of sp³-hybridized carbons (Fsp3) is 0.351. The molecule has 0 radical (unpaired) electrons. The summed E-state index contributed by atoms with van der Waals surface area (Å²) in [5.74, 6) is 0. The highest BCUT2D eigenvalue weighted by atomic mass is 79.9. The standard InChI is InChI=1S/C37H39BrClN3O5Si/c1-48(2,3)18-17-43-23-42-31-20-30(39)34(26-11-9-24(10-12-26)25-13-15-28(38)16-14-25)40-35(31)41-37(42)46-29-19-32-33(44-21-29)22-45-36(47-32)27-7-5-4-6-8-27/h4-16,20,29,32-33,36H,17-19,21-23H2,1-3H3/t29-,32+,33-,36?/m1/s1. The number of hydrogen-bond acceptors (Lipinski definition) is 7. The van der Waals surface area contributed by atoms with Crippen molar-refractivity contribution in [2.75, 3.05) is 19.8 Å². The van der Waals surface area contributed by atoms with Crippen molar-refractivity contribution >= 4 is 46.8 Å². The lowest BCUT2D eigenvalue weighted by atomic mass is 10.0. The molecular formula is C37H39BrClN3O5Si. The highest BCUT2D eigenvalue weighted by Crippen LogP contribution is 2.35. The number of benzene rings is 3. The van der Waals surface area contributed by atoms with Gasteiger partial charge in [0.2, 0.25) is 0 Å². The van der Waals surface area contributed by atoms with Gasteiger partial charge in [-0.15, -0.1) is 0 Å². The molecule has 5 aromatic rings. The van der Waals surface area contributed by atoms with Crippen molar-refractivity contribution < 1.29 is 23.7 Å². The minimum absolute atomic E-state index is 0.147. The summed E-state index contributed by atoms with van der Waals surface area (Å²) >= 11 is 10.4. The fourth-order valence-electron chi connectivity index (χ4n) is 5.93. The van der Waals surface area contributed by atoms with E-state index in [-0.39, 0.29) is 25.0 Å². The third-order valence-electron chi connectivity index (χ3n) is 8.67. The Morgan fingerprint density at radius 2 is 1.58 bits per heavy atom. The average molecular weight is 749 g/mol. The van der Waals surface area contributed by atoms with E-state index in [4.69, 9.17) is 45.3 Å². The average Bonchev–Trinajstić information content (AvgIpc) is 3.41. The molecule has 2 aromatic heterocycles. The lowest BCUT2D eigenvalue weighted by Crippen LogP contribution is -2.50. The quantitative estimate of drug-likeness (QED) is 0.104. The van der Waals surface area contributed by atoms with Crippen LogP contribution in [0.1, 0.15) is 18.3 Å². The normalized spacial score (nSPS) is 21.3. The molecule has 4 atom stereocenters. The van der Waals surface area contributed by atoms with Crippen molar-refractivity contribution in [3.8, 4) is 28.4 Å². The van der Waals surface area contributed by atoms with E-state index in [1.54, 1.807) is 0 Å². The molecule has 2 saturated heterocycles. The molecule has 0 bridgehead atoms. The first kappa shape index (κ1) is 33.4. The third kappa shape index (κ3) is 7.70. The van der Waals surface area contributed by atoms with Gasteiger partial charge in [0.1, 0.15) is 18.9 Å². The van der Waals surface area contributed by atoms with Gasteiger partial charge in [-0.05, 0) is 35.4 Å². The molecule has 2 fully saturated rings. The van der Waals surface area contributed by atoms with Crippen molar-refractivity contribution in [3.05, 3.63) is 100.0 Å². The zero-order chi connectivity index (χ0) is 33.3. The van der Waals surface area contributed by atoms with E-state index in [1.807, 2.05) is 65.2 Å². The number of pyridine rings is 1. The van der Waals surface area contributed by atoms with Crippen LogP contribution in [-0.2, 0) is 25.7 Å². The van der Waals surface area contributed by atoms with Crippen molar-refractivity contribution in [3.63, 3.8) is 0 Å². The van der Waals surface area contributed by atoms with Gasteiger partial charge in [-0.2, -0.15) is 4.98 Å². The minimum Gasteiger partial charge on any atom is -0.459 e. The first-order valence-corrected chi connectivity index (χ1v) is 21.2. The fourth-order valence-corrected chi connectivity index (χ4v) is 7.21. The predicted molar refractivity (Wildman–Crippen MR) is 194 cm³/mol. The number of aromatic nitrogens is 3. The van der Waals surface area contributed by atoms with Crippen molar-refractivity contribution in [1.29, 1.82) is 0 Å². The van der Waals surface area contributed by atoms with E-state index < -0.39 is 14.4 Å². The Bertz CT molecular complexity index is 1850. The molecular weight excluding hydrogens is 710 g/mol. The molecule has 250 valence electrons. The summed E-state index contributed by atoms with van der Waals surface area (Å²) in [6.45, 7) is 8.81. The van der Waals surface area contributed by atoms with Crippen molar-refractivity contribution in [1.82, 2.24) is 14.5 Å². The zero-order valence-corrected chi connectivity index (χ0v) is 30.6. The van der Waals surface area contributed by atoms with Gasteiger partial charge in [-0.1, -0.05) is 114 Å². The lowest BCUT2D eigenvalue weighted by Gasteiger charge is -2.41. The Balaban J connectivity index is 1.13. The van der Waals surface area contributed by atoms with Crippen LogP contribution in [0.4, 0.5) is 0 Å². The van der Waals surface area contributed by atoms with Crippen LogP contribution < -0.4 is 4.74 Å². The van der Waals surface area contributed by atoms with Crippen molar-refractivity contribution in [2.45, 2.75) is 63.4 Å². The maximum absolute atomic E-state index is 6.91. The smallest absolute Gasteiger partial charge is 0.301 e. The van der Waals surface area contributed by atoms with Crippen LogP contribution >= 0.6 is 27.5 Å². The van der Waals surface area contributed by atoms with Gasteiger partial charge >= 0.3 is 6.01 Å². The van der Waals surface area contributed by atoms with Gasteiger partial charge in [0.05, 0.1) is 35.6 Å². The number of nitrogens with zero attached hydrogens (tertiary/aromatic N) is 3. The highest BCUT2D eigenvalue weighted by molar-refractivity contribution is 9.10. The summed E-state index contributed by atoms with van der Waals surface area (Å²) in [6, 6.07) is 29.8. The van der Waals surface area contributed by atoms with E-state index in [0.717, 1.165) is 38.3 Å². The first-order chi connectivity index (χ1) is 23.2. The molecule has 2 aliphatic rings. The maximum Gasteiger partial charge on any atom is 0.301 e. The Morgan fingerprint density at radius 1 is 0.875 bits per heavy atom. The second kappa shape index (κ2) is 14.4. The summed E-state index contributed by atoms with van der Waals surface area (Å²) in [6.07, 6.45) is -0.395. The minimum atomic E-state index is -1.27. The van der Waals surface area contributed by atoms with Gasteiger partial charge in [0, 0.05) is 36.7 Å². The molecule has 7 rings (SSSR count). The molecule has 48 heavy (non-hydrogen) atoms. The van der Waals surface area contributed by atoms with Crippen LogP contribution in [0, 0.1) is 0 Å². The maximum atomic E-state index is 6.91. The number of ether oxygens (including phenoxy) is 5. The van der Waals surface area contributed by atoms with Gasteiger partial charge in [-0.3, -0.25) is 4.57 Å². The Hall–Kier alpha value is -3.09. The zero-order valence-electron chi connectivity index (χ0n) is 27.3. The summed E-state index contributed by atoms with van der Waals surface area (Å²) in [5, 5.41) is 0.528. The molecule has 0 N–H and O–H groups in total. The third-order valence-corrected chi connectivity index (χ3v) is 11.2. The summed E-state index contributed by atoms with van der Waals surface area (Å²) in [4.78, 5) is 9.81. The molecule has 4 heterocycles. The van der Waals surface area contributed by atoms with Gasteiger partial charge in [-0.25, -0.2) is 4.98 Å². The molecule has 1 unspecified atom stereocenters. The van der Waals surface area contributed by atoms with E-state index in [0.29, 0.717) is 48.6 Å². The molecule has 0 spiro atoms. The van der Waals surface area contributed by atoms with Gasteiger partial charge in [0.25, 0.3) is 0 Å². The molecule has 2 aliphatic heterocycles. The predicted octanol–water partition coefficient (Wildman–Crippen LogP) is 9.14. The number of fused-ring (bicyclic) bond motifs is 2. The first-order valence-electron chi connectivity index (χ1n) is 16.3. The van der Waals surface area contributed by atoms with Gasteiger partial charge in [0.15, 0.2) is 11.9 Å². The van der Waals surface area contributed by atoms with Crippen LogP contribution in [0.15, 0.2) is 89.4 Å². The summed E-state index contributed by atoms with van der Waals surface area (Å²) < 4.78 is 34.2. The lowest BCUT2D eigenvalue weighted by molar-refractivity contribution is -0.286. The van der Waals surface area contributed by atoms with Crippen LogP contribution in [0.5, 0.6) is 6.01 Å². The van der Waals surface area contributed by atoms with E-state index in [9.17, 15) is 0 Å². The summed E-state index contributed by atoms with van der Waals surface area (Å²) in [5.41, 5.74) is 6.08. The van der Waals surface area contributed by atoms with E-state index in [2.05, 4.69) is 59.8 Å². The second-order valence-corrected chi connectivity index (χ2v) is 20.5. The van der Waals surface area contributed by atoms with Crippen molar-refractivity contribution in [2.24, 2.45) is 0 Å². The highest BCUT2D eigenvalue weighted by Gasteiger charge is 2.40. The number of imidazole rings is 1. The van der Waals surface area contributed by atoms with Crippen LogP contribution in [0.25, 0.3) is 33.5 Å². The van der Waals surface area contributed by atoms with Crippen LogP contribution in [-0.4, -0.2) is 60.7 Å². The SMILES string of the molecule is C[Si](C)(C)CCOCn1c(O[C@H]2CO[C@@H]3COC(c4ccccc4)O[C@H]3C2)nc2nc(-c3ccc(-c4ccc(Br)cc4)cc3)c(Cl)cc21. The van der Waals surface area contributed by atoms with Crippen LogP contribution in [0.3, 0.4) is 0 Å².